The Morgan fingerprint density at radius 2 is 1.88 bits per heavy atom. The molecule has 1 aliphatic heterocycles. The zero-order chi connectivity index (χ0) is 12.3. The maximum Gasteiger partial charge on any atom is 0.323 e. The Labute approximate surface area is 101 Å². The van der Waals surface area contributed by atoms with Crippen molar-refractivity contribution in [3.05, 3.63) is 0 Å². The molecule has 0 atom stereocenters. The molecule has 1 saturated carbocycles. The van der Waals surface area contributed by atoms with Gasteiger partial charge in [-0.05, 0) is 38.8 Å². The van der Waals surface area contributed by atoms with E-state index < -0.39 is 5.97 Å². The van der Waals surface area contributed by atoms with Crippen molar-refractivity contribution in [2.24, 2.45) is 0 Å². The maximum absolute atomic E-state index is 12.0. The fraction of sp³-hybridized carbons (Fsp3) is 0.833. The van der Waals surface area contributed by atoms with Crippen LogP contribution < -0.4 is 0 Å². The van der Waals surface area contributed by atoms with Gasteiger partial charge in [0.15, 0.2) is 0 Å². The van der Waals surface area contributed by atoms with Gasteiger partial charge in [0.25, 0.3) is 0 Å². The normalized spacial score (nSPS) is 20.5. The molecule has 0 bridgehead atoms. The Morgan fingerprint density at radius 1 is 1.24 bits per heavy atom. The molecular formula is C12H20N2O3. The number of carbonyl (C=O) groups is 2. The first kappa shape index (κ1) is 12.4. The highest BCUT2D eigenvalue weighted by atomic mass is 16.4. The van der Waals surface area contributed by atoms with Crippen LogP contribution in [0.2, 0.25) is 0 Å². The highest BCUT2D eigenvalue weighted by Gasteiger charge is 2.33. The predicted octanol–water partition coefficient (Wildman–Crippen LogP) is 0.548. The number of hydrogen-bond acceptors (Lipinski definition) is 3. The standard InChI is InChI=1S/C12H20N2O3/c15-11(5-8-13-6-1-2-7-13)14(9-12(16)17)10-3-4-10/h10H,1-9H2,(H,16,17). The summed E-state index contributed by atoms with van der Waals surface area (Å²) < 4.78 is 0. The van der Waals surface area contributed by atoms with Gasteiger partial charge in [-0.1, -0.05) is 0 Å². The minimum absolute atomic E-state index is 0.00167. The van der Waals surface area contributed by atoms with Crippen LogP contribution in [-0.4, -0.2) is 59.0 Å². The van der Waals surface area contributed by atoms with Crippen LogP contribution in [0.3, 0.4) is 0 Å². The molecule has 1 N–H and O–H groups in total. The molecule has 96 valence electrons. The zero-order valence-electron chi connectivity index (χ0n) is 10.1. The van der Waals surface area contributed by atoms with Gasteiger partial charge in [-0.25, -0.2) is 0 Å². The number of aliphatic carboxylic acids is 1. The van der Waals surface area contributed by atoms with E-state index in [0.717, 1.165) is 32.5 Å². The molecule has 0 aromatic rings. The average Bonchev–Trinajstić information content (AvgIpc) is 2.99. The molecule has 1 amide bonds. The number of carbonyl (C=O) groups excluding carboxylic acids is 1. The fourth-order valence-electron chi connectivity index (χ4n) is 2.36. The molecule has 1 heterocycles. The van der Waals surface area contributed by atoms with E-state index in [9.17, 15) is 9.59 Å². The summed E-state index contributed by atoms with van der Waals surface area (Å²) in [4.78, 5) is 26.5. The van der Waals surface area contributed by atoms with Crippen molar-refractivity contribution in [3.63, 3.8) is 0 Å². The van der Waals surface area contributed by atoms with Crippen molar-refractivity contribution < 1.29 is 14.7 Å². The van der Waals surface area contributed by atoms with Crippen molar-refractivity contribution in [1.82, 2.24) is 9.80 Å². The van der Waals surface area contributed by atoms with Crippen LogP contribution in [0, 0.1) is 0 Å². The van der Waals surface area contributed by atoms with E-state index in [2.05, 4.69) is 4.90 Å². The van der Waals surface area contributed by atoms with Crippen molar-refractivity contribution in [1.29, 1.82) is 0 Å². The van der Waals surface area contributed by atoms with Crippen molar-refractivity contribution in [3.8, 4) is 0 Å². The second-order valence-corrected chi connectivity index (χ2v) is 4.95. The molecule has 0 spiro atoms. The summed E-state index contributed by atoms with van der Waals surface area (Å²) in [5.74, 6) is -0.909. The highest BCUT2D eigenvalue weighted by molar-refractivity contribution is 5.82. The van der Waals surface area contributed by atoms with E-state index in [4.69, 9.17) is 5.11 Å². The molecule has 17 heavy (non-hydrogen) atoms. The smallest absolute Gasteiger partial charge is 0.323 e. The summed E-state index contributed by atoms with van der Waals surface area (Å²) in [7, 11) is 0. The molecule has 0 unspecified atom stereocenters. The summed E-state index contributed by atoms with van der Waals surface area (Å²) in [5.41, 5.74) is 0. The summed E-state index contributed by atoms with van der Waals surface area (Å²) >= 11 is 0. The Hall–Kier alpha value is -1.10. The molecule has 1 saturated heterocycles. The largest absolute Gasteiger partial charge is 0.480 e. The number of likely N-dealkylation sites (tertiary alicyclic amines) is 1. The molecule has 1 aliphatic carbocycles. The lowest BCUT2D eigenvalue weighted by atomic mass is 10.3. The molecule has 0 aromatic carbocycles. The molecule has 2 aliphatic rings. The SMILES string of the molecule is O=C(O)CN(C(=O)CCN1CCCC1)C1CC1. The second kappa shape index (κ2) is 5.49. The van der Waals surface area contributed by atoms with Crippen molar-refractivity contribution in [2.45, 2.75) is 38.1 Å². The van der Waals surface area contributed by atoms with Crippen LogP contribution in [0.5, 0.6) is 0 Å². The molecule has 2 rings (SSSR count). The van der Waals surface area contributed by atoms with Crippen LogP contribution in [0.15, 0.2) is 0 Å². The van der Waals surface area contributed by atoms with E-state index in [1.54, 1.807) is 4.90 Å². The van der Waals surface area contributed by atoms with Crippen LogP contribution in [0.25, 0.3) is 0 Å². The predicted molar refractivity (Wildman–Crippen MR) is 62.7 cm³/mol. The van der Waals surface area contributed by atoms with Crippen molar-refractivity contribution in [2.75, 3.05) is 26.2 Å². The molecule has 5 heteroatoms. The zero-order valence-corrected chi connectivity index (χ0v) is 10.1. The van der Waals surface area contributed by atoms with Gasteiger partial charge >= 0.3 is 5.97 Å². The van der Waals surface area contributed by atoms with Gasteiger partial charge in [-0.3, -0.25) is 9.59 Å². The third kappa shape index (κ3) is 3.70. The number of amides is 1. The summed E-state index contributed by atoms with van der Waals surface area (Å²) in [6.45, 7) is 2.80. The van der Waals surface area contributed by atoms with E-state index in [0.29, 0.717) is 6.42 Å². The number of carboxylic acids is 1. The van der Waals surface area contributed by atoms with E-state index in [-0.39, 0.29) is 18.5 Å². The Kier molecular flexibility index (Phi) is 3.99. The molecule has 5 nitrogen and oxygen atoms in total. The average molecular weight is 240 g/mol. The lowest BCUT2D eigenvalue weighted by Gasteiger charge is -2.22. The first-order chi connectivity index (χ1) is 8.16. The van der Waals surface area contributed by atoms with Crippen LogP contribution >= 0.6 is 0 Å². The number of rotatable bonds is 6. The van der Waals surface area contributed by atoms with E-state index in [1.165, 1.54) is 12.8 Å². The number of carboxylic acid groups (broad SMARTS) is 1. The third-order valence-electron chi connectivity index (χ3n) is 3.45. The van der Waals surface area contributed by atoms with Crippen molar-refractivity contribution >= 4 is 11.9 Å². The quantitative estimate of drug-likeness (QED) is 0.736. The second-order valence-electron chi connectivity index (χ2n) is 4.95. The summed E-state index contributed by atoms with van der Waals surface area (Å²) in [6, 6.07) is 0.192. The van der Waals surface area contributed by atoms with Crippen LogP contribution in [-0.2, 0) is 9.59 Å². The lowest BCUT2D eigenvalue weighted by Crippen LogP contribution is -2.39. The first-order valence-corrected chi connectivity index (χ1v) is 6.40. The Balaban J connectivity index is 1.77. The van der Waals surface area contributed by atoms with Gasteiger partial charge in [0.2, 0.25) is 5.91 Å². The van der Waals surface area contributed by atoms with Gasteiger partial charge in [0, 0.05) is 19.0 Å². The first-order valence-electron chi connectivity index (χ1n) is 6.40. The highest BCUT2D eigenvalue weighted by Crippen LogP contribution is 2.27. The van der Waals surface area contributed by atoms with Gasteiger partial charge < -0.3 is 14.9 Å². The Morgan fingerprint density at radius 3 is 2.41 bits per heavy atom. The third-order valence-corrected chi connectivity index (χ3v) is 3.45. The minimum atomic E-state index is -0.911. The van der Waals surface area contributed by atoms with Gasteiger partial charge in [0.1, 0.15) is 6.54 Å². The maximum atomic E-state index is 12.0. The van der Waals surface area contributed by atoms with E-state index in [1.807, 2.05) is 0 Å². The topological polar surface area (TPSA) is 60.9 Å². The monoisotopic (exact) mass is 240 g/mol. The minimum Gasteiger partial charge on any atom is -0.480 e. The number of nitrogens with zero attached hydrogens (tertiary/aromatic N) is 2. The number of hydrogen-bond donors (Lipinski definition) is 1. The molecule has 0 radical (unpaired) electrons. The lowest BCUT2D eigenvalue weighted by molar-refractivity contribution is -0.145. The summed E-state index contributed by atoms with van der Waals surface area (Å²) in [6.07, 6.45) is 4.82. The summed E-state index contributed by atoms with van der Waals surface area (Å²) in [5, 5.41) is 8.78. The fourth-order valence-corrected chi connectivity index (χ4v) is 2.36. The van der Waals surface area contributed by atoms with Gasteiger partial charge in [-0.2, -0.15) is 0 Å². The molecular weight excluding hydrogens is 220 g/mol. The Bertz CT molecular complexity index is 296. The van der Waals surface area contributed by atoms with Gasteiger partial charge in [0.05, 0.1) is 0 Å². The van der Waals surface area contributed by atoms with Gasteiger partial charge in [-0.15, -0.1) is 0 Å². The van der Waals surface area contributed by atoms with Crippen LogP contribution in [0.4, 0.5) is 0 Å². The molecule has 2 fully saturated rings. The van der Waals surface area contributed by atoms with E-state index >= 15 is 0 Å². The molecule has 0 aromatic heterocycles. The van der Waals surface area contributed by atoms with Crippen LogP contribution in [0.1, 0.15) is 32.1 Å².